The van der Waals surface area contributed by atoms with E-state index in [0.29, 0.717) is 16.7 Å². The Morgan fingerprint density at radius 3 is 2.74 bits per heavy atom. The first-order valence-electron chi connectivity index (χ1n) is 5.96. The Bertz CT molecular complexity index is 653. The highest BCUT2D eigenvalue weighted by Gasteiger charge is 2.18. The van der Waals surface area contributed by atoms with Gasteiger partial charge in [0.1, 0.15) is 10.8 Å². The largest absolute Gasteiger partial charge is 0.381 e. The van der Waals surface area contributed by atoms with Crippen molar-refractivity contribution in [2.75, 3.05) is 18.4 Å². The van der Waals surface area contributed by atoms with Gasteiger partial charge in [0, 0.05) is 12.1 Å². The zero-order valence-corrected chi connectivity index (χ0v) is 11.5. The Labute approximate surface area is 121 Å². The molecule has 3 rings (SSSR count). The van der Waals surface area contributed by atoms with E-state index < -0.39 is 0 Å². The van der Waals surface area contributed by atoms with E-state index in [2.05, 4.69) is 15.3 Å². The van der Waals surface area contributed by atoms with Crippen molar-refractivity contribution < 1.29 is 0 Å². The van der Waals surface area contributed by atoms with Crippen LogP contribution in [0.2, 0.25) is 10.2 Å². The number of hydrogen-bond acceptors (Lipinski definition) is 3. The third-order valence-electron chi connectivity index (χ3n) is 2.91. The number of hydrogen-bond donors (Lipinski definition) is 1. The molecule has 0 spiro atoms. The second-order valence-corrected chi connectivity index (χ2v) is 4.96. The number of benzene rings is 1. The Kier molecular flexibility index (Phi) is 3.40. The number of nitrogens with zero attached hydrogens (tertiary/aromatic N) is 2. The zero-order chi connectivity index (χ0) is 13.2. The van der Waals surface area contributed by atoms with Gasteiger partial charge in [-0.15, -0.1) is 0 Å². The number of aliphatic imine (C=N–C) groups is 1. The second kappa shape index (κ2) is 5.19. The third-order valence-corrected chi connectivity index (χ3v) is 3.45. The fourth-order valence-electron chi connectivity index (χ4n) is 2.06. The van der Waals surface area contributed by atoms with Crippen LogP contribution in [-0.2, 0) is 0 Å². The number of nitrogens with one attached hydrogen (secondary N) is 1. The van der Waals surface area contributed by atoms with E-state index in [1.165, 1.54) is 0 Å². The molecule has 0 fully saturated rings. The van der Waals surface area contributed by atoms with Gasteiger partial charge in [0.05, 0.1) is 23.0 Å². The lowest BCUT2D eigenvalue weighted by molar-refractivity contribution is 1.04. The zero-order valence-electron chi connectivity index (χ0n) is 10.0. The Morgan fingerprint density at radius 1 is 1.05 bits per heavy atom. The molecule has 0 atom stereocenters. The van der Waals surface area contributed by atoms with Gasteiger partial charge < -0.3 is 5.32 Å². The predicted octanol–water partition coefficient (Wildman–Crippen LogP) is 3.65. The molecule has 1 aliphatic rings. The number of aromatic nitrogens is 1. The van der Waals surface area contributed by atoms with Crippen molar-refractivity contribution in [2.24, 2.45) is 4.99 Å². The quantitative estimate of drug-likeness (QED) is 0.815. The fourth-order valence-corrected chi connectivity index (χ4v) is 2.43. The maximum Gasteiger partial charge on any atom is 0.130 e. The van der Waals surface area contributed by atoms with Crippen LogP contribution in [0.1, 0.15) is 11.3 Å². The lowest BCUT2D eigenvalue weighted by Gasteiger charge is -2.10. The number of halogens is 2. The van der Waals surface area contributed by atoms with Crippen molar-refractivity contribution in [3.8, 4) is 0 Å². The van der Waals surface area contributed by atoms with E-state index in [-0.39, 0.29) is 0 Å². The molecule has 2 heterocycles. The fraction of sp³-hybridized carbons (Fsp3) is 0.143. The van der Waals surface area contributed by atoms with Crippen molar-refractivity contribution in [3.05, 3.63) is 57.8 Å². The van der Waals surface area contributed by atoms with E-state index in [4.69, 9.17) is 23.2 Å². The van der Waals surface area contributed by atoms with Crippen molar-refractivity contribution >= 4 is 34.6 Å². The van der Waals surface area contributed by atoms with Crippen LogP contribution in [0, 0.1) is 0 Å². The molecular formula is C14H11Cl2N3. The molecule has 1 aromatic carbocycles. The van der Waals surface area contributed by atoms with Gasteiger partial charge in [-0.3, -0.25) is 4.99 Å². The van der Waals surface area contributed by atoms with Gasteiger partial charge in [-0.05, 0) is 18.2 Å². The van der Waals surface area contributed by atoms with Crippen molar-refractivity contribution in [1.82, 2.24) is 4.98 Å². The van der Waals surface area contributed by atoms with Crippen LogP contribution in [0.15, 0.2) is 41.4 Å². The summed E-state index contributed by atoms with van der Waals surface area (Å²) in [6.07, 6.45) is 0. The molecule has 0 aliphatic carbocycles. The SMILES string of the molecule is Clc1ccc2c(n1)C(c1ccccc1Cl)=NCCN2. The highest BCUT2D eigenvalue weighted by molar-refractivity contribution is 6.36. The van der Waals surface area contributed by atoms with Crippen LogP contribution in [0.4, 0.5) is 5.69 Å². The van der Waals surface area contributed by atoms with E-state index in [0.717, 1.165) is 29.2 Å². The molecule has 3 nitrogen and oxygen atoms in total. The van der Waals surface area contributed by atoms with Crippen LogP contribution in [0.3, 0.4) is 0 Å². The number of anilines is 1. The summed E-state index contributed by atoms with van der Waals surface area (Å²) in [5.41, 5.74) is 3.34. The summed E-state index contributed by atoms with van der Waals surface area (Å²) in [6.45, 7) is 1.44. The van der Waals surface area contributed by atoms with Crippen LogP contribution < -0.4 is 5.32 Å². The molecule has 2 aromatic rings. The second-order valence-electron chi connectivity index (χ2n) is 4.17. The van der Waals surface area contributed by atoms with Gasteiger partial charge in [-0.2, -0.15) is 0 Å². The van der Waals surface area contributed by atoms with Gasteiger partial charge in [0.2, 0.25) is 0 Å². The van der Waals surface area contributed by atoms with Crippen LogP contribution in [0.25, 0.3) is 0 Å². The van der Waals surface area contributed by atoms with Crippen molar-refractivity contribution in [2.45, 2.75) is 0 Å². The molecule has 96 valence electrons. The van der Waals surface area contributed by atoms with Crippen LogP contribution >= 0.6 is 23.2 Å². The Hall–Kier alpha value is -1.58. The highest BCUT2D eigenvalue weighted by Crippen LogP contribution is 2.26. The molecule has 1 N–H and O–H groups in total. The minimum absolute atomic E-state index is 0.446. The van der Waals surface area contributed by atoms with Crippen molar-refractivity contribution in [1.29, 1.82) is 0 Å². The molecule has 0 amide bonds. The first-order valence-corrected chi connectivity index (χ1v) is 6.71. The average Bonchev–Trinajstić information content (AvgIpc) is 2.61. The number of pyridine rings is 1. The van der Waals surface area contributed by atoms with Gasteiger partial charge >= 0.3 is 0 Å². The van der Waals surface area contributed by atoms with Crippen molar-refractivity contribution in [3.63, 3.8) is 0 Å². The lowest BCUT2D eigenvalue weighted by atomic mass is 10.1. The van der Waals surface area contributed by atoms with Gasteiger partial charge in [-0.1, -0.05) is 41.4 Å². The molecule has 1 aliphatic heterocycles. The summed E-state index contributed by atoms with van der Waals surface area (Å²) >= 11 is 12.3. The summed E-state index contributed by atoms with van der Waals surface area (Å²) in [4.78, 5) is 8.97. The predicted molar refractivity (Wildman–Crippen MR) is 79.7 cm³/mol. The molecule has 0 radical (unpaired) electrons. The molecule has 0 bridgehead atoms. The molecule has 5 heteroatoms. The first-order chi connectivity index (χ1) is 9.25. The molecular weight excluding hydrogens is 281 g/mol. The standard InChI is InChI=1S/C14H11Cl2N3/c15-10-4-2-1-3-9(10)13-14-11(17-7-8-18-13)5-6-12(16)19-14/h1-6,17H,7-8H2. The number of rotatable bonds is 1. The summed E-state index contributed by atoms with van der Waals surface area (Å²) in [7, 11) is 0. The van der Waals surface area contributed by atoms with E-state index in [1.807, 2.05) is 30.3 Å². The summed E-state index contributed by atoms with van der Waals surface area (Å²) in [5, 5.41) is 4.40. The smallest absolute Gasteiger partial charge is 0.130 e. The van der Waals surface area contributed by atoms with E-state index in [9.17, 15) is 0 Å². The maximum absolute atomic E-state index is 6.26. The monoisotopic (exact) mass is 291 g/mol. The lowest BCUT2D eigenvalue weighted by Crippen LogP contribution is -2.08. The Morgan fingerprint density at radius 2 is 1.89 bits per heavy atom. The number of fused-ring (bicyclic) bond motifs is 1. The van der Waals surface area contributed by atoms with Crippen LogP contribution in [0.5, 0.6) is 0 Å². The first kappa shape index (κ1) is 12.5. The average molecular weight is 292 g/mol. The highest BCUT2D eigenvalue weighted by atomic mass is 35.5. The molecule has 0 saturated carbocycles. The summed E-state index contributed by atoms with van der Waals surface area (Å²) in [6, 6.07) is 11.3. The summed E-state index contributed by atoms with van der Waals surface area (Å²) < 4.78 is 0. The van der Waals surface area contributed by atoms with Gasteiger partial charge in [0.25, 0.3) is 0 Å². The van der Waals surface area contributed by atoms with Gasteiger partial charge in [-0.25, -0.2) is 4.98 Å². The van der Waals surface area contributed by atoms with E-state index in [1.54, 1.807) is 6.07 Å². The van der Waals surface area contributed by atoms with Gasteiger partial charge in [0.15, 0.2) is 0 Å². The third kappa shape index (κ3) is 2.44. The minimum atomic E-state index is 0.446. The molecule has 0 saturated heterocycles. The minimum Gasteiger partial charge on any atom is -0.381 e. The topological polar surface area (TPSA) is 37.3 Å². The Balaban J connectivity index is 2.20. The molecule has 1 aromatic heterocycles. The maximum atomic E-state index is 6.26. The van der Waals surface area contributed by atoms with E-state index >= 15 is 0 Å². The molecule has 0 unspecified atom stereocenters. The summed E-state index contributed by atoms with van der Waals surface area (Å²) in [5.74, 6) is 0. The normalized spacial score (nSPS) is 14.1. The molecule has 19 heavy (non-hydrogen) atoms. The van der Waals surface area contributed by atoms with Crippen LogP contribution in [-0.4, -0.2) is 23.8 Å².